The standard InChI is InChI=1S/C9H12.C2H6O/c1-2-6-9-7-4-3-5-8-9;1-3-2/h3-5,7-8H,2,6H2,1H3;1-2H3. The molecule has 0 fully saturated rings. The second-order valence-corrected chi connectivity index (χ2v) is 2.64. The van der Waals surface area contributed by atoms with Crippen LogP contribution in [0.5, 0.6) is 0 Å². The number of hydrogen-bond acceptors (Lipinski definition) is 1. The summed E-state index contributed by atoms with van der Waals surface area (Å²) in [6.07, 6.45) is 2.45. The summed E-state index contributed by atoms with van der Waals surface area (Å²) >= 11 is 0. The van der Waals surface area contributed by atoms with Crippen LogP contribution in [0.3, 0.4) is 0 Å². The Kier molecular flexibility index (Phi) is 7.71. The molecule has 0 spiro atoms. The molecular weight excluding hydrogens is 148 g/mol. The first-order valence-electron chi connectivity index (χ1n) is 4.29. The van der Waals surface area contributed by atoms with Gasteiger partial charge >= 0.3 is 0 Å². The Morgan fingerprint density at radius 2 is 1.58 bits per heavy atom. The van der Waals surface area contributed by atoms with E-state index in [-0.39, 0.29) is 0 Å². The minimum atomic E-state index is 1.21. The second kappa shape index (κ2) is 8.28. The van der Waals surface area contributed by atoms with Gasteiger partial charge in [-0.05, 0) is 12.0 Å². The smallest absolute Gasteiger partial charge is 0.0351 e. The Labute approximate surface area is 75.4 Å². The van der Waals surface area contributed by atoms with Gasteiger partial charge in [-0.2, -0.15) is 0 Å². The number of ether oxygens (including phenoxy) is 1. The van der Waals surface area contributed by atoms with E-state index in [1.54, 1.807) is 14.2 Å². The summed E-state index contributed by atoms with van der Waals surface area (Å²) in [4.78, 5) is 0. The predicted octanol–water partition coefficient (Wildman–Crippen LogP) is 2.90. The molecule has 0 N–H and O–H groups in total. The Morgan fingerprint density at radius 3 is 2.00 bits per heavy atom. The summed E-state index contributed by atoms with van der Waals surface area (Å²) in [6.45, 7) is 2.20. The van der Waals surface area contributed by atoms with Crippen LogP contribution < -0.4 is 0 Å². The van der Waals surface area contributed by atoms with Crippen LogP contribution in [0.1, 0.15) is 18.9 Å². The van der Waals surface area contributed by atoms with Crippen molar-refractivity contribution in [3.05, 3.63) is 35.9 Å². The minimum Gasteiger partial charge on any atom is -0.388 e. The Hall–Kier alpha value is -0.820. The van der Waals surface area contributed by atoms with Crippen LogP contribution in [0.4, 0.5) is 0 Å². The lowest BCUT2D eigenvalue weighted by Crippen LogP contribution is -1.78. The summed E-state index contributed by atoms with van der Waals surface area (Å²) < 4.78 is 4.25. The second-order valence-electron chi connectivity index (χ2n) is 2.64. The van der Waals surface area contributed by atoms with Gasteiger partial charge in [0.15, 0.2) is 0 Å². The molecule has 0 aliphatic carbocycles. The molecule has 0 heterocycles. The molecule has 0 saturated carbocycles. The molecule has 0 amide bonds. The highest BCUT2D eigenvalue weighted by Gasteiger charge is 1.84. The van der Waals surface area contributed by atoms with Gasteiger partial charge in [0.25, 0.3) is 0 Å². The van der Waals surface area contributed by atoms with Crippen molar-refractivity contribution in [3.63, 3.8) is 0 Å². The van der Waals surface area contributed by atoms with Gasteiger partial charge in [0, 0.05) is 14.2 Å². The molecular formula is C11H18O. The van der Waals surface area contributed by atoms with E-state index in [1.165, 1.54) is 18.4 Å². The molecule has 0 aliphatic rings. The van der Waals surface area contributed by atoms with Gasteiger partial charge < -0.3 is 4.74 Å². The van der Waals surface area contributed by atoms with Crippen molar-refractivity contribution >= 4 is 0 Å². The fraction of sp³-hybridized carbons (Fsp3) is 0.455. The van der Waals surface area contributed by atoms with Crippen LogP contribution in [-0.2, 0) is 11.2 Å². The van der Waals surface area contributed by atoms with E-state index in [9.17, 15) is 0 Å². The van der Waals surface area contributed by atoms with Crippen molar-refractivity contribution in [3.8, 4) is 0 Å². The van der Waals surface area contributed by atoms with E-state index in [4.69, 9.17) is 0 Å². The van der Waals surface area contributed by atoms with Crippen molar-refractivity contribution in [2.24, 2.45) is 0 Å². The molecule has 12 heavy (non-hydrogen) atoms. The van der Waals surface area contributed by atoms with Crippen LogP contribution in [0.25, 0.3) is 0 Å². The molecule has 1 aromatic rings. The van der Waals surface area contributed by atoms with E-state index >= 15 is 0 Å². The van der Waals surface area contributed by atoms with Crippen molar-refractivity contribution < 1.29 is 4.74 Å². The normalized spacial score (nSPS) is 8.58. The highest BCUT2D eigenvalue weighted by Crippen LogP contribution is 2.00. The zero-order valence-corrected chi connectivity index (χ0v) is 8.21. The zero-order valence-electron chi connectivity index (χ0n) is 8.21. The summed E-state index contributed by atoms with van der Waals surface area (Å²) in [6, 6.07) is 10.6. The third-order valence-electron chi connectivity index (χ3n) is 1.38. The average molecular weight is 166 g/mol. The Balaban J connectivity index is 0.000000354. The summed E-state index contributed by atoms with van der Waals surface area (Å²) in [7, 11) is 3.25. The molecule has 68 valence electrons. The van der Waals surface area contributed by atoms with Gasteiger partial charge in [-0.3, -0.25) is 0 Å². The molecule has 0 aromatic heterocycles. The van der Waals surface area contributed by atoms with Crippen LogP contribution in [0.15, 0.2) is 30.3 Å². The SMILES string of the molecule is CCCc1ccccc1.COC. The lowest BCUT2D eigenvalue weighted by atomic mass is 10.1. The van der Waals surface area contributed by atoms with Gasteiger partial charge in [0.2, 0.25) is 0 Å². The van der Waals surface area contributed by atoms with E-state index in [0.717, 1.165) is 0 Å². The van der Waals surface area contributed by atoms with E-state index < -0.39 is 0 Å². The monoisotopic (exact) mass is 166 g/mol. The summed E-state index contributed by atoms with van der Waals surface area (Å²) in [5, 5.41) is 0. The molecule has 1 aromatic carbocycles. The number of methoxy groups -OCH3 is 1. The third kappa shape index (κ3) is 5.93. The lowest BCUT2D eigenvalue weighted by Gasteiger charge is -1.93. The van der Waals surface area contributed by atoms with E-state index in [1.807, 2.05) is 0 Å². The van der Waals surface area contributed by atoms with Crippen molar-refractivity contribution in [1.82, 2.24) is 0 Å². The molecule has 0 atom stereocenters. The molecule has 0 aliphatic heterocycles. The first-order valence-corrected chi connectivity index (χ1v) is 4.29. The number of aryl methyl sites for hydroxylation is 1. The molecule has 0 unspecified atom stereocenters. The number of benzene rings is 1. The third-order valence-corrected chi connectivity index (χ3v) is 1.38. The maximum atomic E-state index is 4.25. The van der Waals surface area contributed by atoms with Crippen LogP contribution in [0, 0.1) is 0 Å². The number of hydrogen-bond donors (Lipinski definition) is 0. The van der Waals surface area contributed by atoms with Crippen LogP contribution in [-0.4, -0.2) is 14.2 Å². The van der Waals surface area contributed by atoms with Crippen molar-refractivity contribution in [2.45, 2.75) is 19.8 Å². The van der Waals surface area contributed by atoms with E-state index in [2.05, 4.69) is 42.0 Å². The van der Waals surface area contributed by atoms with Gasteiger partial charge in [-0.15, -0.1) is 0 Å². The average Bonchev–Trinajstić information content (AvgIpc) is 2.08. The predicted molar refractivity (Wildman–Crippen MR) is 53.4 cm³/mol. The van der Waals surface area contributed by atoms with Crippen molar-refractivity contribution in [1.29, 1.82) is 0 Å². The Bertz CT molecular complexity index is 170. The Morgan fingerprint density at radius 1 is 1.08 bits per heavy atom. The fourth-order valence-electron chi connectivity index (χ4n) is 0.933. The molecule has 0 bridgehead atoms. The van der Waals surface area contributed by atoms with Gasteiger partial charge in [0.05, 0.1) is 0 Å². The maximum absolute atomic E-state index is 4.25. The largest absolute Gasteiger partial charge is 0.388 e. The lowest BCUT2D eigenvalue weighted by molar-refractivity contribution is 0.277. The highest BCUT2D eigenvalue weighted by molar-refractivity contribution is 5.14. The molecule has 1 nitrogen and oxygen atoms in total. The highest BCUT2D eigenvalue weighted by atomic mass is 16.4. The summed E-state index contributed by atoms with van der Waals surface area (Å²) in [5.41, 5.74) is 1.44. The van der Waals surface area contributed by atoms with Crippen LogP contribution >= 0.6 is 0 Å². The van der Waals surface area contributed by atoms with E-state index in [0.29, 0.717) is 0 Å². The first kappa shape index (κ1) is 11.2. The summed E-state index contributed by atoms with van der Waals surface area (Å²) in [5.74, 6) is 0. The van der Waals surface area contributed by atoms with Crippen LogP contribution in [0.2, 0.25) is 0 Å². The number of rotatable bonds is 2. The molecule has 0 saturated heterocycles. The first-order chi connectivity index (χ1) is 5.85. The van der Waals surface area contributed by atoms with Gasteiger partial charge in [-0.1, -0.05) is 43.7 Å². The molecule has 1 heteroatoms. The van der Waals surface area contributed by atoms with Gasteiger partial charge in [0.1, 0.15) is 0 Å². The molecule has 1 rings (SSSR count). The maximum Gasteiger partial charge on any atom is 0.0351 e. The minimum absolute atomic E-state index is 1.21. The zero-order chi connectivity index (χ0) is 9.23. The van der Waals surface area contributed by atoms with Gasteiger partial charge in [-0.25, -0.2) is 0 Å². The fourth-order valence-corrected chi connectivity index (χ4v) is 0.933. The van der Waals surface area contributed by atoms with Crippen molar-refractivity contribution in [2.75, 3.05) is 14.2 Å². The molecule has 0 radical (unpaired) electrons. The quantitative estimate of drug-likeness (QED) is 0.656. The topological polar surface area (TPSA) is 9.23 Å².